The molecule has 0 spiro atoms. The summed E-state index contributed by atoms with van der Waals surface area (Å²) < 4.78 is 21.3. The van der Waals surface area contributed by atoms with E-state index < -0.39 is 73.1 Å². The van der Waals surface area contributed by atoms with Gasteiger partial charge >= 0.3 is 5.97 Å². The Bertz CT molecular complexity index is 1910. The molecule has 9 N–H and O–H groups in total. The minimum absolute atomic E-state index is 0.00917. The number of ether oxygens (including phenoxy) is 4. The summed E-state index contributed by atoms with van der Waals surface area (Å²) in [6.45, 7) is 8.20. The first-order chi connectivity index (χ1) is 34.5. The molecule has 0 radical (unpaired) electrons. The van der Waals surface area contributed by atoms with Crippen LogP contribution in [0.4, 0.5) is 0 Å². The monoisotopic (exact) mass is 1020 g/mol. The lowest BCUT2D eigenvalue weighted by atomic mass is 10.1. The van der Waals surface area contributed by atoms with Crippen LogP contribution in [0.3, 0.4) is 0 Å². The van der Waals surface area contributed by atoms with E-state index in [1.54, 1.807) is 18.2 Å². The molecule has 3 rings (SSSR count). The van der Waals surface area contributed by atoms with E-state index in [2.05, 4.69) is 16.0 Å². The van der Waals surface area contributed by atoms with Gasteiger partial charge in [0.15, 0.2) is 11.5 Å². The summed E-state index contributed by atoms with van der Waals surface area (Å²) in [6.07, 6.45) is 3.92. The summed E-state index contributed by atoms with van der Waals surface area (Å²) in [6, 6.07) is 3.21. The molecular weight excluding hydrogens is 935 g/mol. The molecular formula is C49H83N11O12. The minimum atomic E-state index is -1.04. The van der Waals surface area contributed by atoms with E-state index in [0.717, 1.165) is 0 Å². The van der Waals surface area contributed by atoms with Crippen molar-refractivity contribution in [2.24, 2.45) is 29.0 Å². The molecule has 1 aromatic carbocycles. The van der Waals surface area contributed by atoms with Crippen LogP contribution in [0.15, 0.2) is 18.2 Å². The average molecular weight is 1020 g/mol. The van der Waals surface area contributed by atoms with Crippen molar-refractivity contribution in [3.8, 4) is 11.5 Å². The highest BCUT2D eigenvalue weighted by atomic mass is 16.7. The fourth-order valence-corrected chi connectivity index (χ4v) is 7.87. The maximum Gasteiger partial charge on any atom is 0.328 e. The fourth-order valence-electron chi connectivity index (χ4n) is 7.87. The van der Waals surface area contributed by atoms with Crippen molar-refractivity contribution in [2.75, 3.05) is 119 Å². The summed E-state index contributed by atoms with van der Waals surface area (Å²) in [5, 5.41) is 8.50. The van der Waals surface area contributed by atoms with Gasteiger partial charge in [0, 0.05) is 46.3 Å². The van der Waals surface area contributed by atoms with Crippen LogP contribution in [0.1, 0.15) is 84.6 Å². The van der Waals surface area contributed by atoms with E-state index in [0.29, 0.717) is 101 Å². The molecule has 0 bridgehead atoms. The number of amides is 7. The predicted molar refractivity (Wildman–Crippen MR) is 268 cm³/mol. The Morgan fingerprint density at radius 1 is 0.681 bits per heavy atom. The van der Waals surface area contributed by atoms with Gasteiger partial charge in [-0.05, 0) is 101 Å². The van der Waals surface area contributed by atoms with E-state index in [1.807, 2.05) is 27.7 Å². The van der Waals surface area contributed by atoms with Crippen LogP contribution in [0.2, 0.25) is 0 Å². The molecule has 2 atom stereocenters. The number of hydrogen-bond acceptors (Lipinski definition) is 16. The van der Waals surface area contributed by atoms with Gasteiger partial charge in [-0.2, -0.15) is 0 Å². The summed E-state index contributed by atoms with van der Waals surface area (Å²) in [5.74, 6) is -3.08. The number of fused-ring (bicyclic) bond motifs is 1. The number of carbonyl (C=O) groups excluding carboxylic acids is 8. The Morgan fingerprint density at radius 2 is 1.25 bits per heavy atom. The summed E-state index contributed by atoms with van der Waals surface area (Å²) in [4.78, 5) is 117. The van der Waals surface area contributed by atoms with Gasteiger partial charge in [0.1, 0.15) is 18.6 Å². The highest BCUT2D eigenvalue weighted by Crippen LogP contribution is 2.33. The third kappa shape index (κ3) is 22.0. The maximum absolute atomic E-state index is 14.6. The van der Waals surface area contributed by atoms with Crippen LogP contribution in [0, 0.1) is 11.8 Å². The topological polar surface area (TPSA) is 304 Å². The largest absolute Gasteiger partial charge is 0.464 e. The van der Waals surface area contributed by atoms with Crippen LogP contribution in [0.5, 0.6) is 11.5 Å². The number of nitrogens with two attached hydrogens (primary N) is 3. The van der Waals surface area contributed by atoms with Crippen molar-refractivity contribution < 1.29 is 57.3 Å². The SMILES string of the molecule is COCCN(CC(=O)NC(CCCCN)C(=O)NC1CCOC1=O)C(=O)CN(Cc1ccc2c(c1)OCO2)C(=O)CN(CC(C)C)C(=O)CN(CCCCN)C(=O)CN(CCCCN)C(=O)CNCC(C)C. The average Bonchev–Trinajstić information content (AvgIpc) is 3.98. The Balaban J connectivity index is 1.89. The number of nitrogens with one attached hydrogen (secondary N) is 3. The number of unbranched alkanes of at least 4 members (excludes halogenated alkanes) is 3. The number of hydrogen-bond donors (Lipinski definition) is 6. The number of rotatable bonds is 36. The van der Waals surface area contributed by atoms with E-state index in [9.17, 15) is 38.4 Å². The number of nitrogens with zero attached hydrogens (tertiary/aromatic N) is 5. The second kappa shape index (κ2) is 33.2. The molecule has 1 aromatic rings. The van der Waals surface area contributed by atoms with Gasteiger partial charge in [-0.3, -0.25) is 33.6 Å². The first-order valence-electron chi connectivity index (χ1n) is 25.3. The molecule has 0 aliphatic carbocycles. The zero-order valence-electron chi connectivity index (χ0n) is 43.3. The van der Waals surface area contributed by atoms with Crippen LogP contribution >= 0.6 is 0 Å². The lowest BCUT2D eigenvalue weighted by Crippen LogP contribution is -2.54. The molecule has 1 saturated heterocycles. The maximum atomic E-state index is 14.6. The van der Waals surface area contributed by atoms with Crippen molar-refractivity contribution in [1.82, 2.24) is 40.4 Å². The van der Waals surface area contributed by atoms with Crippen molar-refractivity contribution in [1.29, 1.82) is 0 Å². The summed E-state index contributed by atoms with van der Waals surface area (Å²) in [5.41, 5.74) is 17.8. The third-order valence-corrected chi connectivity index (χ3v) is 11.8. The molecule has 0 saturated carbocycles. The van der Waals surface area contributed by atoms with Crippen LogP contribution < -0.4 is 42.6 Å². The zero-order valence-corrected chi connectivity index (χ0v) is 43.3. The van der Waals surface area contributed by atoms with Gasteiger partial charge in [-0.25, -0.2) is 4.79 Å². The lowest BCUT2D eigenvalue weighted by molar-refractivity contribution is -0.148. The van der Waals surface area contributed by atoms with Crippen molar-refractivity contribution in [3.63, 3.8) is 0 Å². The van der Waals surface area contributed by atoms with Gasteiger partial charge in [-0.1, -0.05) is 33.8 Å². The smallest absolute Gasteiger partial charge is 0.328 e. The van der Waals surface area contributed by atoms with E-state index in [1.165, 1.54) is 31.6 Å². The third-order valence-electron chi connectivity index (χ3n) is 11.8. The molecule has 7 amide bonds. The molecule has 1 fully saturated rings. The minimum Gasteiger partial charge on any atom is -0.464 e. The molecule has 23 heteroatoms. The predicted octanol–water partition coefficient (Wildman–Crippen LogP) is -0.870. The van der Waals surface area contributed by atoms with E-state index >= 15 is 0 Å². The van der Waals surface area contributed by atoms with Crippen LogP contribution in [-0.4, -0.2) is 203 Å². The van der Waals surface area contributed by atoms with Crippen molar-refractivity contribution in [3.05, 3.63) is 23.8 Å². The number of methoxy groups -OCH3 is 1. The van der Waals surface area contributed by atoms with Gasteiger partial charge < -0.3 is 76.6 Å². The van der Waals surface area contributed by atoms with E-state index in [-0.39, 0.29) is 84.1 Å². The summed E-state index contributed by atoms with van der Waals surface area (Å²) >= 11 is 0. The Morgan fingerprint density at radius 3 is 1.85 bits per heavy atom. The number of benzene rings is 1. The first kappa shape index (κ1) is 60.7. The molecule has 2 aliphatic rings. The van der Waals surface area contributed by atoms with Crippen molar-refractivity contribution >= 4 is 47.3 Å². The Hall–Kier alpha value is -5.62. The lowest BCUT2D eigenvalue weighted by Gasteiger charge is -2.32. The normalized spacial score (nSPS) is 14.2. The van der Waals surface area contributed by atoms with Crippen molar-refractivity contribution in [2.45, 2.75) is 97.7 Å². The summed E-state index contributed by atoms with van der Waals surface area (Å²) in [7, 11) is 1.43. The molecule has 23 nitrogen and oxygen atoms in total. The number of carbonyl (C=O) groups is 8. The molecule has 72 heavy (non-hydrogen) atoms. The van der Waals surface area contributed by atoms with Gasteiger partial charge in [0.2, 0.25) is 48.1 Å². The first-order valence-corrected chi connectivity index (χ1v) is 25.3. The van der Waals surface area contributed by atoms with E-state index in [4.69, 9.17) is 36.1 Å². The van der Waals surface area contributed by atoms with Gasteiger partial charge in [0.25, 0.3) is 0 Å². The van der Waals surface area contributed by atoms with Crippen LogP contribution in [0.25, 0.3) is 0 Å². The number of esters is 1. The quantitative estimate of drug-likeness (QED) is 0.0352. The van der Waals surface area contributed by atoms with Crippen LogP contribution in [-0.2, 0) is 54.4 Å². The second-order valence-electron chi connectivity index (χ2n) is 19.0. The Labute approximate surface area is 424 Å². The standard InChI is InChI=1S/C49H83N11O12/c1-35(2)25-53-26-43(62)56(19-10-8-17-51)30-44(63)57(20-11-9-18-52)31-46(65)59(27-36(3)4)33-47(66)60(28-37-13-14-40-41(24-37)72-34-71-40)32-45(64)58(21-23-69-5)29-42(61)54-38(12-6-7-16-50)48(67)55-39-15-22-70-49(39)68/h13-14,24,35-36,38-39,53H,6-12,15-23,25-34,50-52H2,1-5H3,(H,54,61)(H,55,67). The van der Waals surface area contributed by atoms with Gasteiger partial charge in [-0.15, -0.1) is 0 Å². The fraction of sp³-hybridized carbons (Fsp3) is 0.714. The van der Waals surface area contributed by atoms with Gasteiger partial charge in [0.05, 0.1) is 45.9 Å². The second-order valence-corrected chi connectivity index (χ2v) is 19.0. The number of cyclic esters (lactones) is 1. The highest BCUT2D eigenvalue weighted by Gasteiger charge is 2.33. The highest BCUT2D eigenvalue weighted by molar-refractivity contribution is 5.94. The Kier molecular flexibility index (Phi) is 28.0. The molecule has 2 unspecified atom stereocenters. The zero-order chi connectivity index (χ0) is 53.0. The molecule has 0 aromatic heterocycles. The molecule has 406 valence electrons. The molecule has 2 heterocycles. The molecule has 2 aliphatic heterocycles.